The average molecular weight is 233 g/mol. The van der Waals surface area contributed by atoms with Crippen molar-refractivity contribution < 1.29 is 8.78 Å². The predicted molar refractivity (Wildman–Crippen MR) is 63.6 cm³/mol. The van der Waals surface area contributed by atoms with E-state index in [0.717, 1.165) is 17.2 Å². The summed E-state index contributed by atoms with van der Waals surface area (Å²) in [6, 6.07) is 10.4. The van der Waals surface area contributed by atoms with Gasteiger partial charge in [0.1, 0.15) is 11.6 Å². The minimum absolute atomic E-state index is 0.306. The third kappa shape index (κ3) is 2.34. The van der Waals surface area contributed by atoms with Gasteiger partial charge in [-0.1, -0.05) is 30.3 Å². The molecule has 0 saturated heterocycles. The number of hydrogen-bond donors (Lipinski definition) is 1. The second-order valence-corrected chi connectivity index (χ2v) is 4.00. The lowest BCUT2D eigenvalue weighted by Crippen LogP contribution is -2.15. The molecule has 0 heterocycles. The lowest BCUT2D eigenvalue weighted by molar-refractivity contribution is 0.565. The summed E-state index contributed by atoms with van der Waals surface area (Å²) < 4.78 is 26.4. The normalized spacial score (nSPS) is 12.5. The summed E-state index contributed by atoms with van der Waals surface area (Å²) in [5.41, 5.74) is 8.15. The fourth-order valence-corrected chi connectivity index (χ4v) is 1.86. The summed E-state index contributed by atoms with van der Waals surface area (Å²) in [5.74, 6) is -1.20. The van der Waals surface area contributed by atoms with E-state index in [1.807, 2.05) is 31.2 Å². The van der Waals surface area contributed by atoms with Crippen molar-refractivity contribution in [2.45, 2.75) is 13.0 Å². The molecule has 1 nitrogen and oxygen atoms in total. The highest BCUT2D eigenvalue weighted by Crippen LogP contribution is 2.24. The van der Waals surface area contributed by atoms with Gasteiger partial charge in [0.25, 0.3) is 0 Å². The van der Waals surface area contributed by atoms with Crippen molar-refractivity contribution >= 4 is 0 Å². The summed E-state index contributed by atoms with van der Waals surface area (Å²) in [5, 5.41) is 0. The summed E-state index contributed by atoms with van der Waals surface area (Å²) in [4.78, 5) is 0. The molecule has 2 rings (SSSR count). The molecule has 1 unspecified atom stereocenters. The molecule has 0 amide bonds. The molecular weight excluding hydrogens is 220 g/mol. The van der Waals surface area contributed by atoms with Crippen LogP contribution in [-0.2, 0) is 0 Å². The molecule has 2 aromatic carbocycles. The maximum Gasteiger partial charge on any atom is 0.131 e. The average Bonchev–Trinajstić information content (AvgIpc) is 2.29. The summed E-state index contributed by atoms with van der Waals surface area (Å²) in [7, 11) is 0. The van der Waals surface area contributed by atoms with Crippen molar-refractivity contribution in [1.82, 2.24) is 0 Å². The van der Waals surface area contributed by atoms with Crippen LogP contribution < -0.4 is 5.73 Å². The van der Waals surface area contributed by atoms with Crippen molar-refractivity contribution in [1.29, 1.82) is 0 Å². The van der Waals surface area contributed by atoms with Crippen LogP contribution in [-0.4, -0.2) is 0 Å². The van der Waals surface area contributed by atoms with E-state index in [1.165, 1.54) is 12.1 Å². The second-order valence-electron chi connectivity index (χ2n) is 4.00. The standard InChI is InChI=1S/C14H13F2N/c1-9-4-2-3-5-11(9)14(17)12-7-6-10(15)8-13(12)16/h2-8,14H,17H2,1H3. The van der Waals surface area contributed by atoms with Crippen molar-refractivity contribution in [3.05, 3.63) is 70.8 Å². The highest BCUT2D eigenvalue weighted by Gasteiger charge is 2.15. The molecule has 0 bridgehead atoms. The number of nitrogens with two attached hydrogens (primary N) is 1. The third-order valence-electron chi connectivity index (χ3n) is 2.82. The zero-order chi connectivity index (χ0) is 12.4. The van der Waals surface area contributed by atoms with Gasteiger partial charge >= 0.3 is 0 Å². The summed E-state index contributed by atoms with van der Waals surface area (Å²) >= 11 is 0. The van der Waals surface area contributed by atoms with Crippen LogP contribution in [0, 0.1) is 18.6 Å². The van der Waals surface area contributed by atoms with Gasteiger partial charge in [0.15, 0.2) is 0 Å². The Morgan fingerprint density at radius 1 is 1.00 bits per heavy atom. The highest BCUT2D eigenvalue weighted by atomic mass is 19.1. The van der Waals surface area contributed by atoms with E-state index in [-0.39, 0.29) is 0 Å². The van der Waals surface area contributed by atoms with E-state index in [4.69, 9.17) is 5.73 Å². The van der Waals surface area contributed by atoms with Crippen molar-refractivity contribution in [3.63, 3.8) is 0 Å². The van der Waals surface area contributed by atoms with Gasteiger partial charge in [-0.05, 0) is 24.1 Å². The molecule has 2 N–H and O–H groups in total. The van der Waals surface area contributed by atoms with E-state index in [9.17, 15) is 8.78 Å². The number of aryl methyl sites for hydroxylation is 1. The Morgan fingerprint density at radius 3 is 2.35 bits per heavy atom. The Morgan fingerprint density at radius 2 is 1.71 bits per heavy atom. The monoisotopic (exact) mass is 233 g/mol. The van der Waals surface area contributed by atoms with Crippen molar-refractivity contribution in [2.75, 3.05) is 0 Å². The third-order valence-corrected chi connectivity index (χ3v) is 2.82. The van der Waals surface area contributed by atoms with Crippen molar-refractivity contribution in [2.24, 2.45) is 5.73 Å². The van der Waals surface area contributed by atoms with Crippen LogP contribution in [0.1, 0.15) is 22.7 Å². The Kier molecular flexibility index (Phi) is 3.20. The van der Waals surface area contributed by atoms with E-state index >= 15 is 0 Å². The topological polar surface area (TPSA) is 26.0 Å². The number of hydrogen-bond acceptors (Lipinski definition) is 1. The van der Waals surface area contributed by atoms with Crippen LogP contribution in [0.4, 0.5) is 8.78 Å². The molecule has 0 aromatic heterocycles. The smallest absolute Gasteiger partial charge is 0.131 e. The fraction of sp³-hybridized carbons (Fsp3) is 0.143. The zero-order valence-electron chi connectivity index (χ0n) is 9.45. The fourth-order valence-electron chi connectivity index (χ4n) is 1.86. The largest absolute Gasteiger partial charge is 0.320 e. The minimum Gasteiger partial charge on any atom is -0.320 e. The Bertz CT molecular complexity index is 537. The van der Waals surface area contributed by atoms with E-state index in [0.29, 0.717) is 5.56 Å². The molecule has 0 fully saturated rings. The van der Waals surface area contributed by atoms with Crippen LogP contribution in [0.25, 0.3) is 0 Å². The number of benzene rings is 2. The molecule has 2 aromatic rings. The highest BCUT2D eigenvalue weighted by molar-refractivity contribution is 5.36. The van der Waals surface area contributed by atoms with Crippen LogP contribution in [0.2, 0.25) is 0 Å². The van der Waals surface area contributed by atoms with Crippen LogP contribution >= 0.6 is 0 Å². The maximum absolute atomic E-state index is 13.6. The second kappa shape index (κ2) is 4.63. The quantitative estimate of drug-likeness (QED) is 0.846. The van der Waals surface area contributed by atoms with E-state index < -0.39 is 17.7 Å². The lowest BCUT2D eigenvalue weighted by Gasteiger charge is -2.15. The van der Waals surface area contributed by atoms with Gasteiger partial charge < -0.3 is 5.73 Å². The Labute approximate surface area is 98.9 Å². The molecule has 3 heteroatoms. The number of halogens is 2. The Hall–Kier alpha value is -1.74. The zero-order valence-corrected chi connectivity index (χ0v) is 9.45. The van der Waals surface area contributed by atoms with E-state index in [2.05, 4.69) is 0 Å². The molecular formula is C14H13F2N. The van der Waals surface area contributed by atoms with Crippen molar-refractivity contribution in [3.8, 4) is 0 Å². The Balaban J connectivity index is 2.44. The van der Waals surface area contributed by atoms with Crippen LogP contribution in [0.5, 0.6) is 0 Å². The summed E-state index contributed by atoms with van der Waals surface area (Å²) in [6.45, 7) is 1.91. The van der Waals surface area contributed by atoms with E-state index in [1.54, 1.807) is 0 Å². The van der Waals surface area contributed by atoms with Gasteiger partial charge in [-0.25, -0.2) is 8.78 Å². The first-order valence-corrected chi connectivity index (χ1v) is 5.35. The van der Waals surface area contributed by atoms with Gasteiger partial charge in [0, 0.05) is 11.6 Å². The molecule has 88 valence electrons. The van der Waals surface area contributed by atoms with Gasteiger partial charge in [-0.15, -0.1) is 0 Å². The van der Waals surface area contributed by atoms with Crippen LogP contribution in [0.3, 0.4) is 0 Å². The maximum atomic E-state index is 13.6. The molecule has 0 saturated carbocycles. The number of rotatable bonds is 2. The minimum atomic E-state index is -0.610. The van der Waals surface area contributed by atoms with Gasteiger partial charge in [-0.3, -0.25) is 0 Å². The summed E-state index contributed by atoms with van der Waals surface area (Å²) in [6.07, 6.45) is 0. The van der Waals surface area contributed by atoms with Crippen LogP contribution in [0.15, 0.2) is 42.5 Å². The molecule has 0 spiro atoms. The van der Waals surface area contributed by atoms with Gasteiger partial charge in [0.05, 0.1) is 6.04 Å². The van der Waals surface area contributed by atoms with Gasteiger partial charge in [-0.2, -0.15) is 0 Å². The molecule has 17 heavy (non-hydrogen) atoms. The first-order valence-electron chi connectivity index (χ1n) is 5.35. The predicted octanol–water partition coefficient (Wildman–Crippen LogP) is 3.32. The molecule has 1 atom stereocenters. The lowest BCUT2D eigenvalue weighted by atomic mass is 9.95. The molecule has 0 radical (unpaired) electrons. The first-order chi connectivity index (χ1) is 8.09. The SMILES string of the molecule is Cc1ccccc1C(N)c1ccc(F)cc1F. The first kappa shape index (κ1) is 11.7. The van der Waals surface area contributed by atoms with Gasteiger partial charge in [0.2, 0.25) is 0 Å². The molecule has 0 aliphatic heterocycles. The molecule has 0 aliphatic rings. The molecule has 0 aliphatic carbocycles.